The zero-order valence-corrected chi connectivity index (χ0v) is 11.3. The van der Waals surface area contributed by atoms with Gasteiger partial charge in [0.2, 0.25) is 0 Å². The summed E-state index contributed by atoms with van der Waals surface area (Å²) in [5.74, 6) is 0.263. The van der Waals surface area contributed by atoms with Gasteiger partial charge in [0, 0.05) is 24.7 Å². The maximum Gasteiger partial charge on any atom is 0.0764 e. The third kappa shape index (κ3) is 3.11. The SMILES string of the molecule is CCC(C)n1ccc(CN2CCC(C#N)CC2)n1. The standard InChI is InChI=1S/C14H22N4/c1-3-12(2)18-9-6-14(16-18)11-17-7-4-13(10-15)5-8-17/h6,9,12-13H,3-5,7-8,11H2,1-2H3. The van der Waals surface area contributed by atoms with Crippen LogP contribution in [0.4, 0.5) is 0 Å². The third-order valence-corrected chi connectivity index (χ3v) is 3.86. The second-order valence-corrected chi connectivity index (χ2v) is 5.22. The highest BCUT2D eigenvalue weighted by atomic mass is 15.3. The Bertz CT molecular complexity index is 410. The molecule has 0 amide bonds. The van der Waals surface area contributed by atoms with Crippen LogP contribution in [0.25, 0.3) is 0 Å². The monoisotopic (exact) mass is 246 g/mol. The van der Waals surface area contributed by atoms with Crippen molar-refractivity contribution >= 4 is 0 Å². The van der Waals surface area contributed by atoms with E-state index in [2.05, 4.69) is 46.9 Å². The lowest BCUT2D eigenvalue weighted by atomic mass is 9.98. The molecule has 1 aliphatic heterocycles. The Morgan fingerprint density at radius 2 is 2.22 bits per heavy atom. The zero-order chi connectivity index (χ0) is 13.0. The van der Waals surface area contributed by atoms with Gasteiger partial charge in [0.05, 0.1) is 11.8 Å². The molecule has 0 radical (unpaired) electrons. The summed E-state index contributed by atoms with van der Waals surface area (Å²) < 4.78 is 2.05. The van der Waals surface area contributed by atoms with Crippen LogP contribution < -0.4 is 0 Å². The van der Waals surface area contributed by atoms with Gasteiger partial charge in [-0.05, 0) is 45.3 Å². The van der Waals surface area contributed by atoms with Crippen molar-refractivity contribution in [2.75, 3.05) is 13.1 Å². The van der Waals surface area contributed by atoms with E-state index in [0.29, 0.717) is 6.04 Å². The summed E-state index contributed by atoms with van der Waals surface area (Å²) in [5.41, 5.74) is 1.14. The Hall–Kier alpha value is -1.34. The van der Waals surface area contributed by atoms with Crippen molar-refractivity contribution in [3.8, 4) is 6.07 Å². The summed E-state index contributed by atoms with van der Waals surface area (Å²) in [6, 6.07) is 4.96. The van der Waals surface area contributed by atoms with Crippen LogP contribution in [0.15, 0.2) is 12.3 Å². The highest BCUT2D eigenvalue weighted by Gasteiger charge is 2.19. The molecule has 1 unspecified atom stereocenters. The smallest absolute Gasteiger partial charge is 0.0764 e. The summed E-state index contributed by atoms with van der Waals surface area (Å²) in [7, 11) is 0. The maximum atomic E-state index is 8.87. The number of rotatable bonds is 4. The van der Waals surface area contributed by atoms with Crippen LogP contribution in [-0.4, -0.2) is 27.8 Å². The van der Waals surface area contributed by atoms with Crippen molar-refractivity contribution in [3.63, 3.8) is 0 Å². The highest BCUT2D eigenvalue weighted by molar-refractivity contribution is 5.00. The van der Waals surface area contributed by atoms with Gasteiger partial charge in [0.1, 0.15) is 0 Å². The van der Waals surface area contributed by atoms with Crippen LogP contribution in [0.3, 0.4) is 0 Å². The number of piperidine rings is 1. The fourth-order valence-electron chi connectivity index (χ4n) is 2.34. The Morgan fingerprint density at radius 1 is 1.50 bits per heavy atom. The van der Waals surface area contributed by atoms with E-state index in [0.717, 1.165) is 44.6 Å². The summed E-state index contributed by atoms with van der Waals surface area (Å²) >= 11 is 0. The molecule has 0 aromatic carbocycles. The first-order chi connectivity index (χ1) is 8.72. The molecule has 0 aliphatic carbocycles. The highest BCUT2D eigenvalue weighted by Crippen LogP contribution is 2.18. The zero-order valence-electron chi connectivity index (χ0n) is 11.3. The van der Waals surface area contributed by atoms with E-state index in [1.54, 1.807) is 0 Å². The quantitative estimate of drug-likeness (QED) is 0.820. The summed E-state index contributed by atoms with van der Waals surface area (Å²) in [4.78, 5) is 2.40. The van der Waals surface area contributed by atoms with E-state index in [9.17, 15) is 0 Å². The van der Waals surface area contributed by atoms with Crippen LogP contribution in [0.1, 0.15) is 44.8 Å². The number of aromatic nitrogens is 2. The molecule has 1 fully saturated rings. The van der Waals surface area contributed by atoms with Crippen molar-refractivity contribution in [1.82, 2.24) is 14.7 Å². The first-order valence-corrected chi connectivity index (χ1v) is 6.89. The van der Waals surface area contributed by atoms with Gasteiger partial charge in [0.25, 0.3) is 0 Å². The predicted octanol–water partition coefficient (Wildman–Crippen LogP) is 2.59. The molecule has 1 aromatic rings. The fraction of sp³-hybridized carbons (Fsp3) is 0.714. The van der Waals surface area contributed by atoms with E-state index in [4.69, 9.17) is 5.26 Å². The largest absolute Gasteiger partial charge is 0.297 e. The number of hydrogen-bond donors (Lipinski definition) is 0. The number of nitriles is 1. The molecule has 2 heterocycles. The molecule has 0 N–H and O–H groups in total. The normalized spacial score (nSPS) is 19.6. The number of nitrogens with zero attached hydrogens (tertiary/aromatic N) is 4. The lowest BCUT2D eigenvalue weighted by Crippen LogP contribution is -2.32. The minimum atomic E-state index is 0.263. The molecule has 1 aromatic heterocycles. The predicted molar refractivity (Wildman–Crippen MR) is 70.8 cm³/mol. The molecule has 2 rings (SSSR count). The van der Waals surface area contributed by atoms with E-state index in [1.165, 1.54) is 0 Å². The summed E-state index contributed by atoms with van der Waals surface area (Å²) in [6.45, 7) is 7.33. The lowest BCUT2D eigenvalue weighted by Gasteiger charge is -2.28. The Kier molecular flexibility index (Phi) is 4.38. The molecular formula is C14H22N4. The Balaban J connectivity index is 1.87. The van der Waals surface area contributed by atoms with E-state index in [-0.39, 0.29) is 5.92 Å². The van der Waals surface area contributed by atoms with Crippen molar-refractivity contribution in [2.45, 2.75) is 45.7 Å². The minimum Gasteiger partial charge on any atom is -0.297 e. The molecule has 1 aliphatic rings. The molecular weight excluding hydrogens is 224 g/mol. The Morgan fingerprint density at radius 3 is 2.83 bits per heavy atom. The van der Waals surface area contributed by atoms with Crippen LogP contribution in [0.2, 0.25) is 0 Å². The lowest BCUT2D eigenvalue weighted by molar-refractivity contribution is 0.195. The second kappa shape index (κ2) is 6.01. The third-order valence-electron chi connectivity index (χ3n) is 3.86. The summed E-state index contributed by atoms with van der Waals surface area (Å²) in [6.07, 6.45) is 5.19. The molecule has 0 spiro atoms. The number of likely N-dealkylation sites (tertiary alicyclic amines) is 1. The van der Waals surface area contributed by atoms with Crippen LogP contribution in [-0.2, 0) is 6.54 Å². The molecule has 4 heteroatoms. The van der Waals surface area contributed by atoms with Gasteiger partial charge in [0.15, 0.2) is 0 Å². The fourth-order valence-corrected chi connectivity index (χ4v) is 2.34. The molecule has 1 saturated heterocycles. The molecule has 98 valence electrons. The van der Waals surface area contributed by atoms with Gasteiger partial charge >= 0.3 is 0 Å². The van der Waals surface area contributed by atoms with Gasteiger partial charge in [-0.2, -0.15) is 10.4 Å². The average Bonchev–Trinajstić information content (AvgIpc) is 2.87. The second-order valence-electron chi connectivity index (χ2n) is 5.22. The minimum absolute atomic E-state index is 0.263. The van der Waals surface area contributed by atoms with E-state index in [1.807, 2.05) is 0 Å². The van der Waals surface area contributed by atoms with E-state index >= 15 is 0 Å². The van der Waals surface area contributed by atoms with Gasteiger partial charge in [-0.3, -0.25) is 9.58 Å². The topological polar surface area (TPSA) is 44.9 Å². The van der Waals surface area contributed by atoms with Crippen LogP contribution >= 0.6 is 0 Å². The molecule has 18 heavy (non-hydrogen) atoms. The van der Waals surface area contributed by atoms with Gasteiger partial charge in [-0.1, -0.05) is 6.92 Å². The van der Waals surface area contributed by atoms with Crippen molar-refractivity contribution in [3.05, 3.63) is 18.0 Å². The summed E-state index contributed by atoms with van der Waals surface area (Å²) in [5, 5.41) is 13.5. The van der Waals surface area contributed by atoms with Gasteiger partial charge in [-0.15, -0.1) is 0 Å². The van der Waals surface area contributed by atoms with Crippen LogP contribution in [0, 0.1) is 17.2 Å². The number of hydrogen-bond acceptors (Lipinski definition) is 3. The van der Waals surface area contributed by atoms with Crippen molar-refractivity contribution in [2.24, 2.45) is 5.92 Å². The molecule has 4 nitrogen and oxygen atoms in total. The first-order valence-electron chi connectivity index (χ1n) is 6.89. The van der Waals surface area contributed by atoms with E-state index < -0.39 is 0 Å². The molecule has 0 bridgehead atoms. The van der Waals surface area contributed by atoms with Crippen molar-refractivity contribution < 1.29 is 0 Å². The van der Waals surface area contributed by atoms with Gasteiger partial charge in [-0.25, -0.2) is 0 Å². The van der Waals surface area contributed by atoms with Crippen LogP contribution in [0.5, 0.6) is 0 Å². The Labute approximate surface area is 109 Å². The average molecular weight is 246 g/mol. The molecule has 0 saturated carbocycles. The van der Waals surface area contributed by atoms with Crippen molar-refractivity contribution in [1.29, 1.82) is 5.26 Å². The first kappa shape index (κ1) is 13.1. The van der Waals surface area contributed by atoms with Gasteiger partial charge < -0.3 is 0 Å². The maximum absolute atomic E-state index is 8.87. The molecule has 1 atom stereocenters.